The van der Waals surface area contributed by atoms with E-state index in [0.29, 0.717) is 25.7 Å². The van der Waals surface area contributed by atoms with Crippen molar-refractivity contribution in [3.05, 3.63) is 0 Å². The molecule has 0 rings (SSSR count). The number of hydrogen-bond acceptors (Lipinski definition) is 3. The van der Waals surface area contributed by atoms with Crippen LogP contribution in [0.25, 0.3) is 0 Å². The van der Waals surface area contributed by atoms with E-state index in [2.05, 4.69) is 20.8 Å². The second kappa shape index (κ2) is 10.4. The Morgan fingerprint density at radius 1 is 1.00 bits per heavy atom. The molecule has 1 N–H and O–H groups in total. The van der Waals surface area contributed by atoms with Crippen LogP contribution in [0.4, 0.5) is 0 Å². The molecule has 3 nitrogen and oxygen atoms in total. The summed E-state index contributed by atoms with van der Waals surface area (Å²) in [6.45, 7) is 8.56. The average Bonchev–Trinajstić information content (AvgIpc) is 2.17. The van der Waals surface area contributed by atoms with Crippen molar-refractivity contribution in [2.24, 2.45) is 5.92 Å². The van der Waals surface area contributed by atoms with Gasteiger partial charge in [-0.2, -0.15) is 0 Å². The summed E-state index contributed by atoms with van der Waals surface area (Å²) in [5.74, 6) is 0.516. The first-order valence-corrected chi connectivity index (χ1v) is 6.00. The molecule has 0 bridgehead atoms. The predicted molar refractivity (Wildman–Crippen MR) is 62.0 cm³/mol. The highest BCUT2D eigenvalue weighted by molar-refractivity contribution is 4.52. The number of unbranched alkanes of at least 4 members (excludes halogenated alkanes) is 2. The van der Waals surface area contributed by atoms with E-state index < -0.39 is 6.10 Å². The zero-order chi connectivity index (χ0) is 11.5. The maximum Gasteiger partial charge on any atom is 0.101 e. The van der Waals surface area contributed by atoms with E-state index in [1.807, 2.05) is 0 Å². The minimum absolute atomic E-state index is 0.381. The highest BCUT2D eigenvalue weighted by Gasteiger charge is 2.04. The van der Waals surface area contributed by atoms with Crippen LogP contribution in [0.1, 0.15) is 40.0 Å². The third-order valence-electron chi connectivity index (χ3n) is 1.96. The van der Waals surface area contributed by atoms with Crippen molar-refractivity contribution < 1.29 is 14.6 Å². The summed E-state index contributed by atoms with van der Waals surface area (Å²) >= 11 is 0. The van der Waals surface area contributed by atoms with Crippen molar-refractivity contribution in [2.45, 2.75) is 46.1 Å². The molecule has 0 heterocycles. The van der Waals surface area contributed by atoms with Gasteiger partial charge in [-0.1, -0.05) is 33.6 Å². The van der Waals surface area contributed by atoms with Crippen LogP contribution in [-0.4, -0.2) is 37.6 Å². The number of ether oxygens (including phenoxy) is 2. The SMILES string of the molecule is CCCCCOCC(O)COCC(C)C. The highest BCUT2D eigenvalue weighted by atomic mass is 16.5. The first kappa shape index (κ1) is 14.9. The fraction of sp³-hybridized carbons (Fsp3) is 1.00. The van der Waals surface area contributed by atoms with Crippen LogP contribution in [0.2, 0.25) is 0 Å². The summed E-state index contributed by atoms with van der Waals surface area (Å²) in [6, 6.07) is 0. The van der Waals surface area contributed by atoms with Crippen LogP contribution >= 0.6 is 0 Å². The molecule has 0 radical (unpaired) electrons. The molecule has 0 amide bonds. The van der Waals surface area contributed by atoms with Crippen LogP contribution in [0.5, 0.6) is 0 Å². The molecule has 0 spiro atoms. The van der Waals surface area contributed by atoms with Crippen molar-refractivity contribution >= 4 is 0 Å². The third kappa shape index (κ3) is 11.8. The van der Waals surface area contributed by atoms with E-state index in [9.17, 15) is 5.11 Å². The number of aliphatic hydroxyl groups excluding tert-OH is 1. The number of aliphatic hydroxyl groups is 1. The van der Waals surface area contributed by atoms with Crippen LogP contribution in [0, 0.1) is 5.92 Å². The van der Waals surface area contributed by atoms with Gasteiger partial charge in [0, 0.05) is 13.2 Å². The fourth-order valence-electron chi connectivity index (χ4n) is 1.16. The van der Waals surface area contributed by atoms with E-state index in [-0.39, 0.29) is 0 Å². The smallest absolute Gasteiger partial charge is 0.101 e. The first-order chi connectivity index (χ1) is 7.16. The molecule has 92 valence electrons. The topological polar surface area (TPSA) is 38.7 Å². The molecule has 1 unspecified atom stereocenters. The lowest BCUT2D eigenvalue weighted by atomic mass is 10.2. The minimum Gasteiger partial charge on any atom is -0.388 e. The summed E-state index contributed by atoms with van der Waals surface area (Å²) in [6.07, 6.45) is 2.99. The predicted octanol–water partition coefficient (Wildman–Crippen LogP) is 2.23. The lowest BCUT2D eigenvalue weighted by molar-refractivity contribution is -0.0244. The van der Waals surface area contributed by atoms with Gasteiger partial charge in [-0.15, -0.1) is 0 Å². The van der Waals surface area contributed by atoms with E-state index >= 15 is 0 Å². The van der Waals surface area contributed by atoms with Crippen LogP contribution < -0.4 is 0 Å². The van der Waals surface area contributed by atoms with Crippen LogP contribution in [-0.2, 0) is 9.47 Å². The average molecular weight is 218 g/mol. The Morgan fingerprint density at radius 2 is 1.67 bits per heavy atom. The van der Waals surface area contributed by atoms with Crippen molar-refractivity contribution in [2.75, 3.05) is 26.4 Å². The Labute approximate surface area is 93.8 Å². The van der Waals surface area contributed by atoms with Gasteiger partial charge in [0.1, 0.15) is 6.10 Å². The number of rotatable bonds is 10. The van der Waals surface area contributed by atoms with E-state index in [4.69, 9.17) is 9.47 Å². The molecule has 3 heteroatoms. The summed E-state index contributed by atoms with van der Waals surface area (Å²) < 4.78 is 10.6. The molecule has 15 heavy (non-hydrogen) atoms. The monoisotopic (exact) mass is 218 g/mol. The molecular weight excluding hydrogens is 192 g/mol. The summed E-state index contributed by atoms with van der Waals surface area (Å²) in [5.41, 5.74) is 0. The van der Waals surface area contributed by atoms with Crippen LogP contribution in [0.15, 0.2) is 0 Å². The molecule has 0 aliphatic heterocycles. The first-order valence-electron chi connectivity index (χ1n) is 6.00. The van der Waals surface area contributed by atoms with Gasteiger partial charge in [0.2, 0.25) is 0 Å². The van der Waals surface area contributed by atoms with E-state index in [0.717, 1.165) is 13.0 Å². The summed E-state index contributed by atoms with van der Waals surface area (Å²) in [5, 5.41) is 9.47. The Morgan fingerprint density at radius 3 is 2.27 bits per heavy atom. The Balaban J connectivity index is 3.15. The molecule has 0 saturated heterocycles. The van der Waals surface area contributed by atoms with Gasteiger partial charge >= 0.3 is 0 Å². The van der Waals surface area contributed by atoms with Gasteiger partial charge in [0.25, 0.3) is 0 Å². The minimum atomic E-state index is -0.481. The van der Waals surface area contributed by atoms with Crippen molar-refractivity contribution in [1.29, 1.82) is 0 Å². The standard InChI is InChI=1S/C12H26O3/c1-4-5-6-7-14-9-12(13)10-15-8-11(2)3/h11-13H,4-10H2,1-3H3. The van der Waals surface area contributed by atoms with Crippen molar-refractivity contribution in [3.63, 3.8) is 0 Å². The van der Waals surface area contributed by atoms with Gasteiger partial charge in [-0.25, -0.2) is 0 Å². The second-order valence-corrected chi connectivity index (χ2v) is 4.37. The molecule has 0 aromatic carbocycles. The van der Waals surface area contributed by atoms with Gasteiger partial charge in [-0.05, 0) is 12.3 Å². The Bertz CT molecular complexity index is 126. The normalized spacial score (nSPS) is 13.4. The zero-order valence-electron chi connectivity index (χ0n) is 10.4. The van der Waals surface area contributed by atoms with Crippen LogP contribution in [0.3, 0.4) is 0 Å². The van der Waals surface area contributed by atoms with Gasteiger partial charge in [-0.3, -0.25) is 0 Å². The van der Waals surface area contributed by atoms with Gasteiger partial charge in [0.15, 0.2) is 0 Å². The second-order valence-electron chi connectivity index (χ2n) is 4.37. The fourth-order valence-corrected chi connectivity index (χ4v) is 1.16. The van der Waals surface area contributed by atoms with Gasteiger partial charge in [0.05, 0.1) is 13.2 Å². The van der Waals surface area contributed by atoms with Crippen molar-refractivity contribution in [3.8, 4) is 0 Å². The molecule has 0 saturated carbocycles. The largest absolute Gasteiger partial charge is 0.388 e. The quantitative estimate of drug-likeness (QED) is 0.571. The van der Waals surface area contributed by atoms with E-state index in [1.165, 1.54) is 12.8 Å². The Hall–Kier alpha value is -0.120. The number of hydrogen-bond donors (Lipinski definition) is 1. The molecule has 0 aromatic rings. The maximum atomic E-state index is 9.47. The maximum absolute atomic E-state index is 9.47. The molecule has 0 fully saturated rings. The molecule has 0 aromatic heterocycles. The lowest BCUT2D eigenvalue weighted by Crippen LogP contribution is -2.23. The van der Waals surface area contributed by atoms with E-state index in [1.54, 1.807) is 0 Å². The van der Waals surface area contributed by atoms with Crippen molar-refractivity contribution in [1.82, 2.24) is 0 Å². The molecule has 0 aliphatic carbocycles. The molecular formula is C12H26O3. The molecule has 0 aliphatic rings. The highest BCUT2D eigenvalue weighted by Crippen LogP contribution is 1.97. The van der Waals surface area contributed by atoms with Gasteiger partial charge < -0.3 is 14.6 Å². The molecule has 1 atom stereocenters. The zero-order valence-corrected chi connectivity index (χ0v) is 10.4. The summed E-state index contributed by atoms with van der Waals surface area (Å²) in [4.78, 5) is 0. The summed E-state index contributed by atoms with van der Waals surface area (Å²) in [7, 11) is 0. The Kier molecular flexibility index (Phi) is 10.3. The third-order valence-corrected chi connectivity index (χ3v) is 1.96. The lowest BCUT2D eigenvalue weighted by Gasteiger charge is -2.12.